The van der Waals surface area contributed by atoms with E-state index in [-0.39, 0.29) is 11.1 Å². The van der Waals surface area contributed by atoms with E-state index in [4.69, 9.17) is 5.11 Å². The third kappa shape index (κ3) is 2.65. The average molecular weight is 250 g/mol. The second-order valence-electron chi connectivity index (χ2n) is 3.75. The molecule has 3 amide bonds. The largest absolute Gasteiger partial charge is 0.478 e. The Labute approximate surface area is 104 Å². The monoisotopic (exact) mass is 250 g/mol. The molecular weight excluding hydrogens is 236 g/mol. The van der Waals surface area contributed by atoms with Gasteiger partial charge in [0.1, 0.15) is 0 Å². The number of aryl methyl sites for hydroxylation is 1. The summed E-state index contributed by atoms with van der Waals surface area (Å²) < 4.78 is 0. The van der Waals surface area contributed by atoms with Crippen LogP contribution >= 0.6 is 0 Å². The number of nitrogens with one attached hydrogen (secondary N) is 1. The van der Waals surface area contributed by atoms with Crippen LogP contribution in [0.25, 0.3) is 0 Å². The van der Waals surface area contributed by atoms with E-state index in [1.807, 2.05) is 0 Å². The van der Waals surface area contributed by atoms with Gasteiger partial charge in [-0.25, -0.2) is 9.59 Å². The van der Waals surface area contributed by atoms with Crippen molar-refractivity contribution >= 4 is 17.9 Å². The highest BCUT2D eigenvalue weighted by atomic mass is 16.4. The molecule has 0 unspecified atom stereocenters. The third-order valence-electron chi connectivity index (χ3n) is 2.54. The third-order valence-corrected chi connectivity index (χ3v) is 2.54. The molecular formula is C12H14N2O4. The molecule has 1 aromatic carbocycles. The smallest absolute Gasteiger partial charge is 0.335 e. The molecule has 0 atom stereocenters. The summed E-state index contributed by atoms with van der Waals surface area (Å²) >= 11 is 0. The van der Waals surface area contributed by atoms with Gasteiger partial charge in [0, 0.05) is 19.7 Å². The quantitative estimate of drug-likeness (QED) is 0.823. The second-order valence-corrected chi connectivity index (χ2v) is 3.75. The van der Waals surface area contributed by atoms with Crippen LogP contribution in [0.15, 0.2) is 18.2 Å². The van der Waals surface area contributed by atoms with Gasteiger partial charge < -0.3 is 10.4 Å². The summed E-state index contributed by atoms with van der Waals surface area (Å²) in [6.45, 7) is 1.64. The van der Waals surface area contributed by atoms with Crippen molar-refractivity contribution < 1.29 is 19.5 Å². The van der Waals surface area contributed by atoms with Crippen LogP contribution in [-0.2, 0) is 0 Å². The standard InChI is InChI=1S/C12H14N2O4/c1-7-4-5-8(6-9(7)11(16)17)10(15)14(3)12(18)13-2/h4-6H,1-3H3,(H,13,18)(H,16,17). The van der Waals surface area contributed by atoms with Gasteiger partial charge in [-0.1, -0.05) is 6.07 Å². The minimum atomic E-state index is -1.11. The Morgan fingerprint density at radius 3 is 2.39 bits per heavy atom. The fraction of sp³-hybridized carbons (Fsp3) is 0.250. The summed E-state index contributed by atoms with van der Waals surface area (Å²) in [6.07, 6.45) is 0. The molecule has 1 rings (SSSR count). The molecule has 2 N–H and O–H groups in total. The summed E-state index contributed by atoms with van der Waals surface area (Å²) in [5.41, 5.74) is 0.761. The van der Waals surface area contributed by atoms with Crippen molar-refractivity contribution in [1.29, 1.82) is 0 Å². The first-order valence-electron chi connectivity index (χ1n) is 5.22. The Balaban J connectivity index is 3.11. The van der Waals surface area contributed by atoms with Gasteiger partial charge in [0.05, 0.1) is 5.56 Å². The Bertz CT molecular complexity index is 511. The van der Waals surface area contributed by atoms with Crippen LogP contribution in [-0.4, -0.2) is 42.0 Å². The molecule has 0 radical (unpaired) electrons. The summed E-state index contributed by atoms with van der Waals surface area (Å²) in [5, 5.41) is 11.3. The molecule has 0 bridgehead atoms. The van der Waals surface area contributed by atoms with Crippen LogP contribution in [0.1, 0.15) is 26.3 Å². The minimum absolute atomic E-state index is 0.0474. The molecule has 0 fully saturated rings. The zero-order valence-electron chi connectivity index (χ0n) is 10.4. The summed E-state index contributed by atoms with van der Waals surface area (Å²) in [5.74, 6) is -1.67. The van der Waals surface area contributed by atoms with Gasteiger partial charge in [-0.05, 0) is 24.6 Å². The SMILES string of the molecule is CNC(=O)N(C)C(=O)c1ccc(C)c(C(=O)O)c1. The second kappa shape index (κ2) is 5.31. The molecule has 0 aromatic heterocycles. The molecule has 0 saturated heterocycles. The maximum Gasteiger partial charge on any atom is 0.335 e. The van der Waals surface area contributed by atoms with Gasteiger partial charge in [-0.15, -0.1) is 0 Å². The van der Waals surface area contributed by atoms with Crippen molar-refractivity contribution in [1.82, 2.24) is 10.2 Å². The van der Waals surface area contributed by atoms with Gasteiger partial charge in [0.15, 0.2) is 0 Å². The molecule has 0 saturated carbocycles. The molecule has 0 spiro atoms. The predicted octanol–water partition coefficient (Wildman–Crippen LogP) is 1.10. The van der Waals surface area contributed by atoms with E-state index in [1.165, 1.54) is 32.3 Å². The number of benzene rings is 1. The van der Waals surface area contributed by atoms with Crippen molar-refractivity contribution in [3.8, 4) is 0 Å². The number of hydrogen-bond acceptors (Lipinski definition) is 3. The Hall–Kier alpha value is -2.37. The Morgan fingerprint density at radius 2 is 1.89 bits per heavy atom. The number of rotatable bonds is 2. The Morgan fingerprint density at radius 1 is 1.28 bits per heavy atom. The Kier molecular flexibility index (Phi) is 4.04. The molecule has 0 aliphatic heterocycles. The number of imide groups is 1. The number of carbonyl (C=O) groups excluding carboxylic acids is 2. The number of carboxylic acids is 1. The fourth-order valence-corrected chi connectivity index (χ4v) is 1.44. The van der Waals surface area contributed by atoms with Crippen LogP contribution in [0.5, 0.6) is 0 Å². The number of carboxylic acid groups (broad SMARTS) is 1. The number of carbonyl (C=O) groups is 3. The number of urea groups is 1. The lowest BCUT2D eigenvalue weighted by molar-refractivity contribution is 0.0696. The van der Waals surface area contributed by atoms with Crippen molar-refractivity contribution in [3.05, 3.63) is 34.9 Å². The van der Waals surface area contributed by atoms with Gasteiger partial charge in [-0.2, -0.15) is 0 Å². The van der Waals surface area contributed by atoms with Crippen molar-refractivity contribution in [2.75, 3.05) is 14.1 Å². The molecule has 6 nitrogen and oxygen atoms in total. The number of hydrogen-bond donors (Lipinski definition) is 2. The summed E-state index contributed by atoms with van der Waals surface area (Å²) in [6, 6.07) is 3.73. The zero-order chi connectivity index (χ0) is 13.9. The van der Waals surface area contributed by atoms with E-state index in [2.05, 4.69) is 5.32 Å². The van der Waals surface area contributed by atoms with Crippen LogP contribution in [0, 0.1) is 6.92 Å². The van der Waals surface area contributed by atoms with Gasteiger partial charge in [-0.3, -0.25) is 9.69 Å². The van der Waals surface area contributed by atoms with Crippen LogP contribution in [0.4, 0.5) is 4.79 Å². The number of nitrogens with zero attached hydrogens (tertiary/aromatic N) is 1. The first-order valence-corrected chi connectivity index (χ1v) is 5.22. The van der Waals surface area contributed by atoms with Crippen LogP contribution < -0.4 is 5.32 Å². The summed E-state index contributed by atoms with van der Waals surface area (Å²) in [7, 11) is 2.73. The predicted molar refractivity (Wildman–Crippen MR) is 64.7 cm³/mol. The first kappa shape index (κ1) is 13.7. The molecule has 0 aliphatic carbocycles. The highest BCUT2D eigenvalue weighted by Crippen LogP contribution is 2.13. The summed E-state index contributed by atoms with van der Waals surface area (Å²) in [4.78, 5) is 35.0. The lowest BCUT2D eigenvalue weighted by Crippen LogP contribution is -2.39. The zero-order valence-corrected chi connectivity index (χ0v) is 10.4. The van der Waals surface area contributed by atoms with Crippen molar-refractivity contribution in [3.63, 3.8) is 0 Å². The van der Waals surface area contributed by atoms with E-state index >= 15 is 0 Å². The van der Waals surface area contributed by atoms with Crippen LogP contribution in [0.3, 0.4) is 0 Å². The fourth-order valence-electron chi connectivity index (χ4n) is 1.44. The highest BCUT2D eigenvalue weighted by Gasteiger charge is 2.19. The van der Waals surface area contributed by atoms with Gasteiger partial charge in [0.2, 0.25) is 0 Å². The maximum absolute atomic E-state index is 11.9. The normalized spacial score (nSPS) is 9.72. The van der Waals surface area contributed by atoms with E-state index in [0.29, 0.717) is 5.56 Å². The van der Waals surface area contributed by atoms with Crippen molar-refractivity contribution in [2.45, 2.75) is 6.92 Å². The lowest BCUT2D eigenvalue weighted by Gasteiger charge is -2.15. The van der Waals surface area contributed by atoms with E-state index < -0.39 is 17.9 Å². The number of amides is 3. The highest BCUT2D eigenvalue weighted by molar-refractivity contribution is 6.05. The lowest BCUT2D eigenvalue weighted by atomic mass is 10.0. The first-order chi connectivity index (χ1) is 8.38. The minimum Gasteiger partial charge on any atom is -0.478 e. The van der Waals surface area contributed by atoms with Crippen molar-refractivity contribution in [2.24, 2.45) is 0 Å². The molecule has 6 heteroatoms. The molecule has 0 heterocycles. The topological polar surface area (TPSA) is 86.7 Å². The molecule has 1 aromatic rings. The molecule has 0 aliphatic rings. The number of aromatic carboxylic acids is 1. The van der Waals surface area contributed by atoms with E-state index in [0.717, 1.165) is 4.90 Å². The maximum atomic E-state index is 11.9. The van der Waals surface area contributed by atoms with Gasteiger partial charge in [0.25, 0.3) is 5.91 Å². The average Bonchev–Trinajstić information content (AvgIpc) is 2.36. The van der Waals surface area contributed by atoms with E-state index in [1.54, 1.807) is 6.92 Å². The molecule has 18 heavy (non-hydrogen) atoms. The van der Waals surface area contributed by atoms with Crippen LogP contribution in [0.2, 0.25) is 0 Å². The van der Waals surface area contributed by atoms with Gasteiger partial charge >= 0.3 is 12.0 Å². The van der Waals surface area contributed by atoms with E-state index in [9.17, 15) is 14.4 Å². The molecule has 96 valence electrons.